The molecular weight excluding hydrogens is 397 g/mol. The summed E-state index contributed by atoms with van der Waals surface area (Å²) in [6, 6.07) is 2.28. The maximum atomic E-state index is 12.8. The first-order chi connectivity index (χ1) is 14.3. The summed E-state index contributed by atoms with van der Waals surface area (Å²) in [6.45, 7) is 7.73. The van der Waals surface area contributed by atoms with E-state index in [1.807, 2.05) is 0 Å². The normalized spacial score (nSPS) is 17.0. The van der Waals surface area contributed by atoms with Gasteiger partial charge in [-0.2, -0.15) is 18.2 Å². The molecule has 0 aliphatic carbocycles. The third-order valence-corrected chi connectivity index (χ3v) is 5.21. The highest BCUT2D eigenvalue weighted by Gasteiger charge is 2.32. The molecule has 0 bridgehead atoms. The molecule has 30 heavy (non-hydrogen) atoms. The molecule has 3 aromatic heterocycles. The molecule has 0 amide bonds. The van der Waals surface area contributed by atoms with Gasteiger partial charge in [-0.05, 0) is 18.6 Å². The van der Waals surface area contributed by atoms with Crippen LogP contribution in [0.25, 0.3) is 22.6 Å². The van der Waals surface area contributed by atoms with Crippen LogP contribution in [-0.2, 0) is 13.2 Å². The number of nitrogens with zero attached hydrogens (tertiary/aromatic N) is 6. The second-order valence-corrected chi connectivity index (χ2v) is 7.17. The van der Waals surface area contributed by atoms with Crippen LogP contribution in [0.5, 0.6) is 5.88 Å². The van der Waals surface area contributed by atoms with Crippen LogP contribution < -0.4 is 4.74 Å². The molecular formula is C20H21F3N6O. The quantitative estimate of drug-likeness (QED) is 0.628. The van der Waals surface area contributed by atoms with Gasteiger partial charge in [0.2, 0.25) is 5.88 Å². The Kier molecular flexibility index (Phi) is 5.08. The lowest BCUT2D eigenvalue weighted by Crippen LogP contribution is -2.24. The highest BCUT2D eigenvalue weighted by Crippen LogP contribution is 2.31. The number of allylic oxidation sites excluding steroid dienone is 1. The van der Waals surface area contributed by atoms with E-state index >= 15 is 0 Å². The third-order valence-electron chi connectivity index (χ3n) is 5.21. The van der Waals surface area contributed by atoms with Crippen molar-refractivity contribution in [3.63, 3.8) is 0 Å². The Bertz CT molecular complexity index is 1080. The molecule has 7 nitrogen and oxygen atoms in total. The lowest BCUT2D eigenvalue weighted by atomic mass is 10.2. The maximum absolute atomic E-state index is 12.8. The van der Waals surface area contributed by atoms with E-state index in [9.17, 15) is 13.2 Å². The zero-order valence-electron chi connectivity index (χ0n) is 16.6. The van der Waals surface area contributed by atoms with Crippen molar-refractivity contribution in [2.45, 2.75) is 32.0 Å². The van der Waals surface area contributed by atoms with Gasteiger partial charge < -0.3 is 14.2 Å². The number of ether oxygens (including phenoxy) is 1. The predicted molar refractivity (Wildman–Crippen MR) is 105 cm³/mol. The average molecular weight is 418 g/mol. The van der Waals surface area contributed by atoms with E-state index in [0.29, 0.717) is 28.4 Å². The Balaban J connectivity index is 1.62. The Labute approximate surface area is 171 Å². The van der Waals surface area contributed by atoms with Gasteiger partial charge in [-0.15, -0.1) is 0 Å². The number of aryl methyl sites for hydroxylation is 1. The molecule has 1 unspecified atom stereocenters. The third kappa shape index (κ3) is 3.69. The summed E-state index contributed by atoms with van der Waals surface area (Å²) in [6.07, 6.45) is -0.267. The number of hydrogen-bond donors (Lipinski definition) is 0. The zero-order valence-corrected chi connectivity index (χ0v) is 16.6. The molecule has 4 heterocycles. The first-order valence-corrected chi connectivity index (χ1v) is 9.58. The molecule has 1 aliphatic rings. The summed E-state index contributed by atoms with van der Waals surface area (Å²) in [5.41, 5.74) is 1.56. The number of pyridine rings is 1. The van der Waals surface area contributed by atoms with Crippen LogP contribution in [0, 0.1) is 0 Å². The molecule has 1 atom stereocenters. The number of hydrogen-bond acceptors (Lipinski definition) is 6. The number of alkyl halides is 3. The molecule has 4 rings (SSSR count). The Morgan fingerprint density at radius 3 is 2.73 bits per heavy atom. The number of fused-ring (bicyclic) bond motifs is 1. The molecule has 0 N–H and O–H groups in total. The van der Waals surface area contributed by atoms with E-state index in [1.165, 1.54) is 12.4 Å². The monoisotopic (exact) mass is 418 g/mol. The molecule has 1 saturated heterocycles. The van der Waals surface area contributed by atoms with Gasteiger partial charge in [-0.1, -0.05) is 13.5 Å². The first kappa shape index (κ1) is 20.1. The number of aromatic nitrogens is 5. The van der Waals surface area contributed by atoms with Gasteiger partial charge in [0.1, 0.15) is 23.9 Å². The van der Waals surface area contributed by atoms with Crippen molar-refractivity contribution in [2.75, 3.05) is 13.1 Å². The Hall–Kier alpha value is -3.17. The lowest BCUT2D eigenvalue weighted by Gasteiger charge is -2.20. The van der Waals surface area contributed by atoms with Gasteiger partial charge >= 0.3 is 6.18 Å². The standard InChI is InChI=1S/C20H21F3N6O/c1-4-12(2)29-8-7-14(10-29)30-19-16-18(25-11-26-19)28(3)17(27-16)13-5-6-15(24-9-13)20(21,22)23/h5-6,9,11,14H,2,4,7-8,10H2,1,3H3. The van der Waals surface area contributed by atoms with Crippen LogP contribution in [-0.4, -0.2) is 48.6 Å². The van der Waals surface area contributed by atoms with Crippen molar-refractivity contribution in [3.8, 4) is 17.3 Å². The fraction of sp³-hybridized carbons (Fsp3) is 0.400. The van der Waals surface area contributed by atoms with Crippen LogP contribution >= 0.6 is 0 Å². The second-order valence-electron chi connectivity index (χ2n) is 7.17. The SMILES string of the molecule is C=C(CC)N1CCC(Oc2ncnc3c2nc(-c2ccc(C(F)(F)F)nc2)n3C)C1. The number of rotatable bonds is 5. The fourth-order valence-electron chi connectivity index (χ4n) is 3.51. The smallest absolute Gasteiger partial charge is 0.433 e. The van der Waals surface area contributed by atoms with Crippen LogP contribution in [0.15, 0.2) is 36.9 Å². The van der Waals surface area contributed by atoms with Gasteiger partial charge in [-0.3, -0.25) is 4.98 Å². The number of halogens is 3. The molecule has 0 saturated carbocycles. The Morgan fingerprint density at radius 2 is 2.07 bits per heavy atom. The molecule has 10 heteroatoms. The van der Waals surface area contributed by atoms with Crippen LogP contribution in [0.3, 0.4) is 0 Å². The molecule has 1 aliphatic heterocycles. The summed E-state index contributed by atoms with van der Waals surface area (Å²) >= 11 is 0. The van der Waals surface area contributed by atoms with E-state index in [2.05, 4.69) is 38.3 Å². The first-order valence-electron chi connectivity index (χ1n) is 9.58. The molecule has 0 radical (unpaired) electrons. The van der Waals surface area contributed by atoms with Crippen LogP contribution in [0.4, 0.5) is 13.2 Å². The summed E-state index contributed by atoms with van der Waals surface area (Å²) < 4.78 is 46.2. The summed E-state index contributed by atoms with van der Waals surface area (Å²) in [7, 11) is 1.74. The van der Waals surface area contributed by atoms with Crippen molar-refractivity contribution < 1.29 is 17.9 Å². The Morgan fingerprint density at radius 1 is 1.27 bits per heavy atom. The minimum Gasteiger partial charge on any atom is -0.471 e. The molecule has 0 spiro atoms. The topological polar surface area (TPSA) is 69.0 Å². The van der Waals surface area contributed by atoms with Crippen molar-refractivity contribution in [1.29, 1.82) is 0 Å². The van der Waals surface area contributed by atoms with Gasteiger partial charge in [0, 0.05) is 37.5 Å². The number of imidazole rings is 1. The van der Waals surface area contributed by atoms with Gasteiger partial charge in [0.25, 0.3) is 0 Å². The van der Waals surface area contributed by atoms with E-state index in [4.69, 9.17) is 4.74 Å². The minimum absolute atomic E-state index is 0.0513. The highest BCUT2D eigenvalue weighted by atomic mass is 19.4. The molecule has 158 valence electrons. The fourth-order valence-corrected chi connectivity index (χ4v) is 3.51. The molecule has 1 fully saturated rings. The second kappa shape index (κ2) is 7.58. The van der Waals surface area contributed by atoms with Crippen molar-refractivity contribution >= 4 is 11.2 Å². The van der Waals surface area contributed by atoms with E-state index in [0.717, 1.165) is 43.9 Å². The predicted octanol–water partition coefficient (Wildman–Crippen LogP) is 3.82. The number of likely N-dealkylation sites (tertiary alicyclic amines) is 1. The van der Waals surface area contributed by atoms with E-state index < -0.39 is 11.9 Å². The zero-order chi connectivity index (χ0) is 21.5. The van der Waals surface area contributed by atoms with Crippen molar-refractivity contribution in [1.82, 2.24) is 29.4 Å². The summed E-state index contributed by atoms with van der Waals surface area (Å²) in [5.74, 6) is 0.791. The molecule has 3 aromatic rings. The van der Waals surface area contributed by atoms with Gasteiger partial charge in [0.15, 0.2) is 11.2 Å². The minimum atomic E-state index is -4.49. The van der Waals surface area contributed by atoms with E-state index in [-0.39, 0.29) is 6.10 Å². The van der Waals surface area contributed by atoms with Gasteiger partial charge in [0.05, 0.1) is 6.54 Å². The average Bonchev–Trinajstić information content (AvgIpc) is 3.32. The molecule has 0 aromatic carbocycles. The van der Waals surface area contributed by atoms with Gasteiger partial charge in [-0.25, -0.2) is 9.97 Å². The van der Waals surface area contributed by atoms with Crippen molar-refractivity contribution in [3.05, 3.63) is 42.6 Å². The van der Waals surface area contributed by atoms with Crippen LogP contribution in [0.2, 0.25) is 0 Å². The summed E-state index contributed by atoms with van der Waals surface area (Å²) in [5, 5.41) is 0. The largest absolute Gasteiger partial charge is 0.471 e. The lowest BCUT2D eigenvalue weighted by molar-refractivity contribution is -0.141. The van der Waals surface area contributed by atoms with Crippen molar-refractivity contribution in [2.24, 2.45) is 7.05 Å². The highest BCUT2D eigenvalue weighted by molar-refractivity contribution is 5.81. The summed E-state index contributed by atoms with van der Waals surface area (Å²) in [4.78, 5) is 18.8. The maximum Gasteiger partial charge on any atom is 0.433 e. The van der Waals surface area contributed by atoms with Crippen LogP contribution in [0.1, 0.15) is 25.5 Å². The van der Waals surface area contributed by atoms with E-state index in [1.54, 1.807) is 11.6 Å².